The summed E-state index contributed by atoms with van der Waals surface area (Å²) in [7, 11) is 0. The second-order valence-corrected chi connectivity index (χ2v) is 5.68. The summed E-state index contributed by atoms with van der Waals surface area (Å²) in [6, 6.07) is 0. The van der Waals surface area contributed by atoms with E-state index in [1.54, 1.807) is 0 Å². The lowest BCUT2D eigenvalue weighted by molar-refractivity contribution is -0.122. The number of carbonyl (C=O) groups excluding carboxylic acids is 2. The van der Waals surface area contributed by atoms with Crippen LogP contribution in [0.4, 0.5) is 0 Å². The molecule has 0 amide bonds. The molecule has 2 heteroatoms. The molecule has 0 bridgehead atoms. The molecule has 2 nitrogen and oxygen atoms in total. The number of hydrogen-bond acceptors (Lipinski definition) is 2. The largest absolute Gasteiger partial charge is 0.295 e. The van der Waals surface area contributed by atoms with Crippen molar-refractivity contribution in [1.29, 1.82) is 0 Å². The zero-order valence-corrected chi connectivity index (χ0v) is 11.0. The highest BCUT2D eigenvalue weighted by molar-refractivity contribution is 6.01. The maximum atomic E-state index is 12.1. The molecule has 2 aliphatic carbocycles. The minimum atomic E-state index is 0.175. The summed E-state index contributed by atoms with van der Waals surface area (Å²) >= 11 is 0. The quantitative estimate of drug-likeness (QED) is 0.601. The lowest BCUT2D eigenvalue weighted by atomic mass is 9.64. The third kappa shape index (κ3) is 2.01. The van der Waals surface area contributed by atoms with Crippen molar-refractivity contribution in [2.45, 2.75) is 40.5 Å². The minimum absolute atomic E-state index is 0.175. The van der Waals surface area contributed by atoms with Gasteiger partial charge in [-0.15, -0.1) is 0 Å². The summed E-state index contributed by atoms with van der Waals surface area (Å²) in [6.07, 6.45) is 3.23. The van der Waals surface area contributed by atoms with Gasteiger partial charge in [0.1, 0.15) is 0 Å². The van der Waals surface area contributed by atoms with Crippen LogP contribution in [-0.2, 0) is 9.59 Å². The first-order valence-electron chi connectivity index (χ1n) is 6.34. The SMILES string of the molecule is CC1=CC2C(=C(C)C)C(=O)CC(C)C2CC1=O. The van der Waals surface area contributed by atoms with Crippen LogP contribution in [0.25, 0.3) is 0 Å². The van der Waals surface area contributed by atoms with E-state index in [-0.39, 0.29) is 17.5 Å². The molecule has 1 fully saturated rings. The molecule has 0 radical (unpaired) electrons. The fraction of sp³-hybridized carbons (Fsp3) is 0.600. The fourth-order valence-electron chi connectivity index (χ4n) is 3.19. The number of carbonyl (C=O) groups is 2. The predicted octanol–water partition coefficient (Wildman–Crippen LogP) is 3.08. The van der Waals surface area contributed by atoms with Crippen LogP contribution in [0.2, 0.25) is 0 Å². The molecule has 0 aromatic rings. The average molecular weight is 232 g/mol. The van der Waals surface area contributed by atoms with Crippen molar-refractivity contribution in [3.63, 3.8) is 0 Å². The fourth-order valence-corrected chi connectivity index (χ4v) is 3.19. The lowest BCUT2D eigenvalue weighted by Crippen LogP contribution is -2.37. The van der Waals surface area contributed by atoms with Gasteiger partial charge in [0.15, 0.2) is 11.6 Å². The highest BCUT2D eigenvalue weighted by Crippen LogP contribution is 2.43. The van der Waals surface area contributed by atoms with E-state index < -0.39 is 0 Å². The van der Waals surface area contributed by atoms with Crippen molar-refractivity contribution in [2.75, 3.05) is 0 Å². The van der Waals surface area contributed by atoms with Crippen LogP contribution in [0, 0.1) is 17.8 Å². The standard InChI is InChI=1S/C15H20O2/c1-8(2)15-12-5-10(4)13(16)7-11(12)9(3)6-14(15)17/h5,9,11-12H,6-7H2,1-4H3. The van der Waals surface area contributed by atoms with Crippen LogP contribution in [0.5, 0.6) is 0 Å². The lowest BCUT2D eigenvalue weighted by Gasteiger charge is -2.39. The normalized spacial score (nSPS) is 33.3. The van der Waals surface area contributed by atoms with Gasteiger partial charge in [-0.2, -0.15) is 0 Å². The molecule has 2 aliphatic rings. The Morgan fingerprint density at radius 2 is 1.82 bits per heavy atom. The molecule has 0 heterocycles. The molecule has 0 saturated heterocycles. The number of rotatable bonds is 0. The smallest absolute Gasteiger partial charge is 0.159 e. The molecule has 3 unspecified atom stereocenters. The first-order chi connectivity index (χ1) is 7.91. The Labute approximate surface area is 103 Å². The maximum Gasteiger partial charge on any atom is 0.159 e. The molecule has 0 aromatic carbocycles. The van der Waals surface area contributed by atoms with Crippen molar-refractivity contribution in [3.8, 4) is 0 Å². The van der Waals surface area contributed by atoms with Gasteiger partial charge in [0, 0.05) is 24.3 Å². The Morgan fingerprint density at radius 1 is 1.18 bits per heavy atom. The van der Waals surface area contributed by atoms with Gasteiger partial charge in [0.25, 0.3) is 0 Å². The first-order valence-corrected chi connectivity index (χ1v) is 6.34. The van der Waals surface area contributed by atoms with Crippen molar-refractivity contribution in [2.24, 2.45) is 17.8 Å². The Bertz CT molecular complexity index is 436. The Balaban J connectivity index is 2.49. The van der Waals surface area contributed by atoms with Gasteiger partial charge in [-0.3, -0.25) is 9.59 Å². The van der Waals surface area contributed by atoms with Crippen molar-refractivity contribution in [1.82, 2.24) is 0 Å². The van der Waals surface area contributed by atoms with E-state index >= 15 is 0 Å². The molecule has 3 atom stereocenters. The maximum absolute atomic E-state index is 12.1. The summed E-state index contributed by atoms with van der Waals surface area (Å²) in [5.41, 5.74) is 2.89. The van der Waals surface area contributed by atoms with E-state index in [9.17, 15) is 9.59 Å². The zero-order chi connectivity index (χ0) is 12.7. The van der Waals surface area contributed by atoms with Crippen LogP contribution < -0.4 is 0 Å². The van der Waals surface area contributed by atoms with Crippen molar-refractivity contribution >= 4 is 11.6 Å². The van der Waals surface area contributed by atoms with E-state index in [4.69, 9.17) is 0 Å². The van der Waals surface area contributed by atoms with Crippen LogP contribution >= 0.6 is 0 Å². The van der Waals surface area contributed by atoms with Gasteiger partial charge < -0.3 is 0 Å². The monoisotopic (exact) mass is 232 g/mol. The van der Waals surface area contributed by atoms with E-state index in [2.05, 4.69) is 6.92 Å². The molecule has 2 rings (SSSR count). The molecular formula is C15H20O2. The zero-order valence-electron chi connectivity index (χ0n) is 11.0. The van der Waals surface area contributed by atoms with Gasteiger partial charge in [-0.05, 0) is 38.2 Å². The second-order valence-electron chi connectivity index (χ2n) is 5.68. The summed E-state index contributed by atoms with van der Waals surface area (Å²) in [4.78, 5) is 23.9. The highest BCUT2D eigenvalue weighted by Gasteiger charge is 2.41. The molecule has 0 N–H and O–H groups in total. The second kappa shape index (κ2) is 4.25. The van der Waals surface area contributed by atoms with Gasteiger partial charge in [-0.25, -0.2) is 0 Å². The Kier molecular flexibility index (Phi) is 3.07. The van der Waals surface area contributed by atoms with E-state index in [0.717, 1.165) is 16.7 Å². The van der Waals surface area contributed by atoms with Crippen molar-refractivity contribution < 1.29 is 9.59 Å². The van der Waals surface area contributed by atoms with Gasteiger partial charge in [0.2, 0.25) is 0 Å². The number of fused-ring (bicyclic) bond motifs is 1. The molecule has 92 valence electrons. The summed E-state index contributed by atoms with van der Waals surface area (Å²) in [5.74, 6) is 1.35. The number of hydrogen-bond donors (Lipinski definition) is 0. The Morgan fingerprint density at radius 3 is 2.41 bits per heavy atom. The van der Waals surface area contributed by atoms with Crippen LogP contribution in [-0.4, -0.2) is 11.6 Å². The molecule has 1 saturated carbocycles. The Hall–Kier alpha value is -1.18. The van der Waals surface area contributed by atoms with E-state index in [0.29, 0.717) is 24.7 Å². The third-order valence-electron chi connectivity index (χ3n) is 4.16. The summed E-state index contributed by atoms with van der Waals surface area (Å²) in [6.45, 7) is 7.96. The van der Waals surface area contributed by atoms with Crippen LogP contribution in [0.3, 0.4) is 0 Å². The van der Waals surface area contributed by atoms with Gasteiger partial charge in [-0.1, -0.05) is 18.6 Å². The molecule has 17 heavy (non-hydrogen) atoms. The van der Waals surface area contributed by atoms with E-state index in [1.165, 1.54) is 0 Å². The molecule has 0 aliphatic heterocycles. The minimum Gasteiger partial charge on any atom is -0.295 e. The summed E-state index contributed by atoms with van der Waals surface area (Å²) < 4.78 is 0. The number of Topliss-reactive ketones (excluding diaryl/α,β-unsaturated/α-hetero) is 2. The third-order valence-corrected chi connectivity index (χ3v) is 4.16. The van der Waals surface area contributed by atoms with Crippen LogP contribution in [0.1, 0.15) is 40.5 Å². The first kappa shape index (κ1) is 12.3. The number of allylic oxidation sites excluding steroid dienone is 4. The van der Waals surface area contributed by atoms with Gasteiger partial charge in [0.05, 0.1) is 0 Å². The summed E-state index contributed by atoms with van der Waals surface area (Å²) in [5, 5.41) is 0. The van der Waals surface area contributed by atoms with E-state index in [1.807, 2.05) is 26.8 Å². The van der Waals surface area contributed by atoms with Crippen LogP contribution in [0.15, 0.2) is 22.8 Å². The molecular weight excluding hydrogens is 212 g/mol. The van der Waals surface area contributed by atoms with Crippen molar-refractivity contribution in [3.05, 3.63) is 22.8 Å². The molecule has 0 aromatic heterocycles. The predicted molar refractivity (Wildman–Crippen MR) is 67.5 cm³/mol. The number of ketones is 2. The topological polar surface area (TPSA) is 34.1 Å². The molecule has 0 spiro atoms. The average Bonchev–Trinajstić information content (AvgIpc) is 2.20. The highest BCUT2D eigenvalue weighted by atomic mass is 16.1. The van der Waals surface area contributed by atoms with Gasteiger partial charge >= 0.3 is 0 Å².